The van der Waals surface area contributed by atoms with Gasteiger partial charge >= 0.3 is 0 Å². The van der Waals surface area contributed by atoms with E-state index in [0.717, 1.165) is 0 Å². The van der Waals surface area contributed by atoms with Crippen molar-refractivity contribution < 1.29 is 9.72 Å². The van der Waals surface area contributed by atoms with Crippen LogP contribution in [0.1, 0.15) is 0 Å². The third kappa shape index (κ3) is 4.95. The monoisotopic (exact) mass is 333 g/mol. The van der Waals surface area contributed by atoms with Crippen molar-refractivity contribution in [3.63, 3.8) is 0 Å². The summed E-state index contributed by atoms with van der Waals surface area (Å²) in [4.78, 5) is 23.4. The Labute approximate surface area is 130 Å². The van der Waals surface area contributed by atoms with Crippen LogP contribution in [0.2, 0.25) is 5.02 Å². The van der Waals surface area contributed by atoms with Crippen LogP contribution in [0.15, 0.2) is 18.2 Å². The predicted octanol–water partition coefficient (Wildman–Crippen LogP) is 2.77. The Morgan fingerprint density at radius 1 is 1.55 bits per heavy atom. The van der Waals surface area contributed by atoms with Gasteiger partial charge in [0.25, 0.3) is 5.69 Å². The molecule has 0 bridgehead atoms. The molecule has 108 valence electrons. The number of amides is 1. The molecule has 0 radical (unpaired) electrons. The van der Waals surface area contributed by atoms with Crippen LogP contribution in [-0.2, 0) is 4.79 Å². The van der Waals surface area contributed by atoms with Crippen LogP contribution in [-0.4, -0.2) is 39.9 Å². The maximum atomic E-state index is 11.7. The van der Waals surface area contributed by atoms with Crippen molar-refractivity contribution in [1.82, 2.24) is 4.90 Å². The molecular weight excluding hydrogens is 322 g/mol. The van der Waals surface area contributed by atoms with Gasteiger partial charge in [-0.1, -0.05) is 35.6 Å². The second-order valence-electron chi connectivity index (χ2n) is 3.92. The van der Waals surface area contributed by atoms with Crippen LogP contribution in [0.5, 0.6) is 0 Å². The van der Waals surface area contributed by atoms with Crippen molar-refractivity contribution in [3.05, 3.63) is 33.3 Å². The van der Waals surface area contributed by atoms with E-state index < -0.39 is 4.92 Å². The molecule has 0 spiro atoms. The van der Waals surface area contributed by atoms with Gasteiger partial charge < -0.3 is 10.2 Å². The van der Waals surface area contributed by atoms with Crippen LogP contribution in [0.4, 0.5) is 11.4 Å². The molecule has 0 saturated heterocycles. The van der Waals surface area contributed by atoms with Crippen molar-refractivity contribution in [2.45, 2.75) is 0 Å². The first-order valence-corrected chi connectivity index (χ1v) is 7.16. The van der Waals surface area contributed by atoms with Crippen LogP contribution >= 0.6 is 35.6 Å². The number of hydrogen-bond donors (Lipinski definition) is 1. The number of halogens is 1. The summed E-state index contributed by atoms with van der Waals surface area (Å²) in [5, 5.41) is 13.3. The predicted molar refractivity (Wildman–Crippen MR) is 85.5 cm³/mol. The van der Waals surface area contributed by atoms with Crippen LogP contribution in [0.25, 0.3) is 0 Å². The first-order chi connectivity index (χ1) is 9.31. The topological polar surface area (TPSA) is 75.5 Å². The normalized spacial score (nSPS) is 9.95. The minimum Gasteiger partial charge on any atom is -0.364 e. The number of hydrogen-bond acceptors (Lipinski definition) is 5. The molecule has 0 aromatic heterocycles. The van der Waals surface area contributed by atoms with Crippen molar-refractivity contribution in [2.75, 3.05) is 25.2 Å². The number of thiocarbonyl (C=S) groups is 1. The highest BCUT2D eigenvalue weighted by Gasteiger charge is 2.12. The van der Waals surface area contributed by atoms with E-state index in [2.05, 4.69) is 5.32 Å². The maximum absolute atomic E-state index is 11.7. The lowest BCUT2D eigenvalue weighted by Gasteiger charge is -2.12. The Kier molecular flexibility index (Phi) is 6.18. The zero-order valence-electron chi connectivity index (χ0n) is 10.8. The standard InChI is InChI=1S/C11H12ClN3O3S2/c1-14(2)11(19)20-6-10(16)13-9-4-3-7(15(17)18)5-8(9)12/h3-5H,6H2,1-2H3,(H,13,16). The summed E-state index contributed by atoms with van der Waals surface area (Å²) in [5.74, 6) is -0.139. The van der Waals surface area contributed by atoms with Crippen LogP contribution in [0, 0.1) is 10.1 Å². The van der Waals surface area contributed by atoms with Gasteiger partial charge in [0.05, 0.1) is 21.4 Å². The van der Waals surface area contributed by atoms with Crippen molar-refractivity contribution in [3.8, 4) is 0 Å². The molecule has 20 heavy (non-hydrogen) atoms. The number of benzene rings is 1. The molecule has 1 aromatic carbocycles. The summed E-state index contributed by atoms with van der Waals surface area (Å²) in [6.45, 7) is 0. The van der Waals surface area contributed by atoms with Gasteiger partial charge in [-0.25, -0.2) is 0 Å². The number of thioether (sulfide) groups is 1. The number of non-ortho nitro benzene ring substituents is 1. The number of nitro benzene ring substituents is 1. The minimum absolute atomic E-state index is 0.118. The third-order valence-corrected chi connectivity index (χ3v) is 4.18. The Morgan fingerprint density at radius 2 is 2.20 bits per heavy atom. The minimum atomic E-state index is -0.553. The highest BCUT2D eigenvalue weighted by Crippen LogP contribution is 2.26. The maximum Gasteiger partial charge on any atom is 0.271 e. The van der Waals surface area contributed by atoms with Gasteiger partial charge in [-0.2, -0.15) is 0 Å². The van der Waals surface area contributed by atoms with Gasteiger partial charge in [0.2, 0.25) is 5.91 Å². The average molecular weight is 334 g/mol. The van der Waals surface area contributed by atoms with Crippen LogP contribution in [0.3, 0.4) is 0 Å². The number of anilines is 1. The van der Waals surface area contributed by atoms with Gasteiger partial charge in [-0.3, -0.25) is 14.9 Å². The van der Waals surface area contributed by atoms with E-state index in [1.165, 1.54) is 30.0 Å². The first kappa shape index (κ1) is 16.7. The fourth-order valence-electron chi connectivity index (χ4n) is 1.16. The van der Waals surface area contributed by atoms with E-state index >= 15 is 0 Å². The molecule has 1 rings (SSSR count). The van der Waals surface area contributed by atoms with Crippen molar-refractivity contribution in [2.24, 2.45) is 0 Å². The summed E-state index contributed by atoms with van der Waals surface area (Å²) in [6, 6.07) is 3.86. The summed E-state index contributed by atoms with van der Waals surface area (Å²) in [5.41, 5.74) is 0.204. The lowest BCUT2D eigenvalue weighted by molar-refractivity contribution is -0.384. The number of nitrogens with one attached hydrogen (secondary N) is 1. The molecule has 1 N–H and O–H groups in total. The molecule has 0 unspecified atom stereocenters. The van der Waals surface area contributed by atoms with Gasteiger partial charge in [0.1, 0.15) is 4.32 Å². The molecule has 0 heterocycles. The Balaban J connectivity index is 2.62. The molecule has 0 aliphatic heterocycles. The fraction of sp³-hybridized carbons (Fsp3) is 0.273. The third-order valence-electron chi connectivity index (χ3n) is 2.13. The van der Waals surface area contributed by atoms with E-state index in [1.54, 1.807) is 19.0 Å². The SMILES string of the molecule is CN(C)C(=S)SCC(=O)Nc1ccc([N+](=O)[O-])cc1Cl. The number of nitrogens with zero attached hydrogens (tertiary/aromatic N) is 2. The Bertz CT molecular complexity index is 552. The lowest BCUT2D eigenvalue weighted by Crippen LogP contribution is -2.20. The lowest BCUT2D eigenvalue weighted by atomic mass is 10.3. The largest absolute Gasteiger partial charge is 0.364 e. The summed E-state index contributed by atoms with van der Waals surface area (Å²) >= 11 is 12.1. The molecule has 0 aliphatic rings. The average Bonchev–Trinajstić information content (AvgIpc) is 2.37. The molecule has 1 aromatic rings. The number of carbonyl (C=O) groups is 1. The summed E-state index contributed by atoms with van der Waals surface area (Å²) < 4.78 is 0.593. The second-order valence-corrected chi connectivity index (χ2v) is 5.93. The van der Waals surface area contributed by atoms with Gasteiger partial charge in [0.15, 0.2) is 0 Å². The Hall–Kier alpha value is -1.38. The van der Waals surface area contributed by atoms with Gasteiger partial charge in [-0.05, 0) is 6.07 Å². The molecule has 0 fully saturated rings. The van der Waals surface area contributed by atoms with E-state index in [9.17, 15) is 14.9 Å². The first-order valence-electron chi connectivity index (χ1n) is 5.39. The molecule has 9 heteroatoms. The van der Waals surface area contributed by atoms with Crippen LogP contribution < -0.4 is 5.32 Å². The number of nitro groups is 1. The number of carbonyl (C=O) groups excluding carboxylic acids is 1. The van der Waals surface area contributed by atoms with Crippen molar-refractivity contribution in [1.29, 1.82) is 0 Å². The molecular formula is C11H12ClN3O3S2. The molecule has 0 aliphatic carbocycles. The second kappa shape index (κ2) is 7.41. The molecule has 1 amide bonds. The zero-order chi connectivity index (χ0) is 15.3. The highest BCUT2D eigenvalue weighted by atomic mass is 35.5. The van der Waals surface area contributed by atoms with Crippen molar-refractivity contribution >= 4 is 57.2 Å². The van der Waals surface area contributed by atoms with Gasteiger partial charge in [0, 0.05) is 26.2 Å². The van der Waals surface area contributed by atoms with E-state index in [0.29, 0.717) is 10.0 Å². The molecule has 0 saturated carbocycles. The number of rotatable bonds is 4. The fourth-order valence-corrected chi connectivity index (χ4v) is 2.15. The zero-order valence-corrected chi connectivity index (χ0v) is 13.1. The van der Waals surface area contributed by atoms with Gasteiger partial charge in [-0.15, -0.1) is 0 Å². The molecule has 0 atom stereocenters. The smallest absolute Gasteiger partial charge is 0.271 e. The van der Waals surface area contributed by atoms with E-state index in [1.807, 2.05) is 0 Å². The summed E-state index contributed by atoms with van der Waals surface area (Å²) in [6.07, 6.45) is 0. The Morgan fingerprint density at radius 3 is 2.70 bits per heavy atom. The van der Waals surface area contributed by atoms with E-state index in [4.69, 9.17) is 23.8 Å². The van der Waals surface area contributed by atoms with E-state index in [-0.39, 0.29) is 22.4 Å². The quantitative estimate of drug-likeness (QED) is 0.519. The summed E-state index contributed by atoms with van der Waals surface area (Å²) in [7, 11) is 3.58. The highest BCUT2D eigenvalue weighted by molar-refractivity contribution is 8.23. The molecule has 6 nitrogen and oxygen atoms in total.